The average molecular weight is 281 g/mol. The maximum absolute atomic E-state index is 6.09. The van der Waals surface area contributed by atoms with E-state index in [9.17, 15) is 0 Å². The number of benzene rings is 1. The van der Waals surface area contributed by atoms with Crippen molar-refractivity contribution in [1.29, 1.82) is 0 Å². The van der Waals surface area contributed by atoms with Crippen molar-refractivity contribution < 1.29 is 4.74 Å². The fourth-order valence-corrected chi connectivity index (χ4v) is 2.15. The van der Waals surface area contributed by atoms with E-state index >= 15 is 0 Å². The highest BCUT2D eigenvalue weighted by molar-refractivity contribution is 6.33. The van der Waals surface area contributed by atoms with E-state index in [4.69, 9.17) is 22.1 Å². The molecule has 0 unspecified atom stereocenters. The van der Waals surface area contributed by atoms with Crippen molar-refractivity contribution >= 4 is 17.3 Å². The van der Waals surface area contributed by atoms with Crippen LogP contribution in [-0.4, -0.2) is 21.9 Å². The van der Waals surface area contributed by atoms with Crippen molar-refractivity contribution in [3.8, 4) is 17.1 Å². The van der Waals surface area contributed by atoms with Crippen molar-refractivity contribution in [2.45, 2.75) is 26.8 Å². The van der Waals surface area contributed by atoms with Gasteiger partial charge in [-0.1, -0.05) is 18.5 Å². The van der Waals surface area contributed by atoms with Gasteiger partial charge in [0.15, 0.2) is 5.82 Å². The smallest absolute Gasteiger partial charge is 0.167 e. The number of aromatic nitrogens is 3. The summed E-state index contributed by atoms with van der Waals surface area (Å²) in [6.07, 6.45) is 0.997. The SMILES string of the molecule is CCCn1c(C)nnc1-c1cc(Cl)c(N)cc1OC. The van der Waals surface area contributed by atoms with Crippen LogP contribution in [0, 0.1) is 6.92 Å². The number of ether oxygens (including phenoxy) is 1. The maximum atomic E-state index is 6.09. The van der Waals surface area contributed by atoms with Crippen LogP contribution in [-0.2, 0) is 6.54 Å². The van der Waals surface area contributed by atoms with Gasteiger partial charge >= 0.3 is 0 Å². The van der Waals surface area contributed by atoms with Crippen molar-refractivity contribution in [3.05, 3.63) is 23.0 Å². The molecule has 0 radical (unpaired) electrons. The molecule has 0 atom stereocenters. The Hall–Kier alpha value is -1.75. The number of hydrogen-bond acceptors (Lipinski definition) is 4. The standard InChI is InChI=1S/C13H17ClN4O/c1-4-5-18-8(2)16-17-13(18)9-6-10(14)11(15)7-12(9)19-3/h6-7H,4-5,15H2,1-3H3. The molecule has 5 nitrogen and oxygen atoms in total. The van der Waals surface area contributed by atoms with E-state index in [1.165, 1.54) is 0 Å². The van der Waals surface area contributed by atoms with Crippen LogP contribution in [0.1, 0.15) is 19.2 Å². The first-order chi connectivity index (χ1) is 9.08. The molecule has 2 rings (SSSR count). The quantitative estimate of drug-likeness (QED) is 0.875. The molecule has 1 aromatic heterocycles. The van der Waals surface area contributed by atoms with Gasteiger partial charge in [0.2, 0.25) is 0 Å². The monoisotopic (exact) mass is 280 g/mol. The van der Waals surface area contributed by atoms with E-state index in [0.717, 1.165) is 30.2 Å². The largest absolute Gasteiger partial charge is 0.496 e. The van der Waals surface area contributed by atoms with Crippen LogP contribution in [0.25, 0.3) is 11.4 Å². The van der Waals surface area contributed by atoms with Gasteiger partial charge in [-0.25, -0.2) is 0 Å². The minimum absolute atomic E-state index is 0.486. The van der Waals surface area contributed by atoms with Gasteiger partial charge in [-0.05, 0) is 19.4 Å². The van der Waals surface area contributed by atoms with Gasteiger partial charge in [-0.2, -0.15) is 0 Å². The summed E-state index contributed by atoms with van der Waals surface area (Å²) in [5.74, 6) is 2.26. The molecular weight excluding hydrogens is 264 g/mol. The first-order valence-electron chi connectivity index (χ1n) is 6.11. The Morgan fingerprint density at radius 1 is 1.37 bits per heavy atom. The van der Waals surface area contributed by atoms with Crippen LogP contribution in [0.15, 0.2) is 12.1 Å². The number of nitrogen functional groups attached to an aromatic ring is 1. The number of aryl methyl sites for hydroxylation is 1. The summed E-state index contributed by atoms with van der Waals surface area (Å²) in [6.45, 7) is 4.88. The molecule has 0 spiro atoms. The van der Waals surface area contributed by atoms with E-state index in [-0.39, 0.29) is 0 Å². The van der Waals surface area contributed by atoms with Gasteiger partial charge in [-0.15, -0.1) is 10.2 Å². The molecular formula is C13H17ClN4O. The van der Waals surface area contributed by atoms with Gasteiger partial charge in [0, 0.05) is 12.6 Å². The number of hydrogen-bond donors (Lipinski definition) is 1. The van der Waals surface area contributed by atoms with Crippen LogP contribution >= 0.6 is 11.6 Å². The summed E-state index contributed by atoms with van der Waals surface area (Å²) in [7, 11) is 1.60. The van der Waals surface area contributed by atoms with Crippen molar-refractivity contribution in [2.75, 3.05) is 12.8 Å². The second-order valence-electron chi connectivity index (χ2n) is 4.30. The second kappa shape index (κ2) is 5.48. The Morgan fingerprint density at radius 3 is 2.74 bits per heavy atom. The molecule has 0 fully saturated rings. The van der Waals surface area contributed by atoms with Gasteiger partial charge in [0.25, 0.3) is 0 Å². The molecule has 0 aliphatic rings. The fourth-order valence-electron chi connectivity index (χ4n) is 1.98. The van der Waals surface area contributed by atoms with Gasteiger partial charge in [-0.3, -0.25) is 0 Å². The topological polar surface area (TPSA) is 66.0 Å². The van der Waals surface area contributed by atoms with Crippen LogP contribution < -0.4 is 10.5 Å². The first-order valence-corrected chi connectivity index (χ1v) is 6.49. The van der Waals surface area contributed by atoms with E-state index in [0.29, 0.717) is 16.5 Å². The summed E-state index contributed by atoms with van der Waals surface area (Å²) in [6, 6.07) is 3.48. The lowest BCUT2D eigenvalue weighted by atomic mass is 10.1. The van der Waals surface area contributed by atoms with E-state index < -0.39 is 0 Å². The van der Waals surface area contributed by atoms with Crippen molar-refractivity contribution in [1.82, 2.24) is 14.8 Å². The third-order valence-electron chi connectivity index (χ3n) is 2.94. The minimum atomic E-state index is 0.486. The Labute approximate surface area is 117 Å². The highest BCUT2D eigenvalue weighted by Gasteiger charge is 2.16. The summed E-state index contributed by atoms with van der Waals surface area (Å²) >= 11 is 6.09. The van der Waals surface area contributed by atoms with Crippen molar-refractivity contribution in [2.24, 2.45) is 0 Å². The first kappa shape index (κ1) is 13.7. The molecule has 6 heteroatoms. The van der Waals surface area contributed by atoms with Crippen LogP contribution in [0.3, 0.4) is 0 Å². The number of nitrogens with zero attached hydrogens (tertiary/aromatic N) is 3. The van der Waals surface area contributed by atoms with E-state index in [1.807, 2.05) is 11.5 Å². The summed E-state index contributed by atoms with van der Waals surface area (Å²) in [4.78, 5) is 0. The number of nitrogens with two attached hydrogens (primary N) is 1. The lowest BCUT2D eigenvalue weighted by Crippen LogP contribution is -2.03. The zero-order valence-electron chi connectivity index (χ0n) is 11.3. The highest BCUT2D eigenvalue weighted by atomic mass is 35.5. The number of anilines is 1. The Kier molecular flexibility index (Phi) is 3.95. The molecule has 2 aromatic rings. The normalized spacial score (nSPS) is 10.7. The zero-order valence-corrected chi connectivity index (χ0v) is 12.0. The van der Waals surface area contributed by atoms with Crippen molar-refractivity contribution in [3.63, 3.8) is 0 Å². The molecule has 0 amide bonds. The molecule has 0 saturated heterocycles. The fraction of sp³-hybridized carbons (Fsp3) is 0.385. The zero-order chi connectivity index (χ0) is 14.0. The van der Waals surface area contributed by atoms with E-state index in [1.54, 1.807) is 19.2 Å². The minimum Gasteiger partial charge on any atom is -0.496 e. The molecule has 1 heterocycles. The van der Waals surface area contributed by atoms with Crippen LogP contribution in [0.5, 0.6) is 5.75 Å². The van der Waals surface area contributed by atoms with Gasteiger partial charge in [0.05, 0.1) is 23.4 Å². The third-order valence-corrected chi connectivity index (χ3v) is 3.27. The Bertz CT molecular complexity index is 595. The summed E-state index contributed by atoms with van der Waals surface area (Å²) < 4.78 is 7.40. The Balaban J connectivity index is 2.61. The lowest BCUT2D eigenvalue weighted by Gasteiger charge is -2.12. The molecule has 19 heavy (non-hydrogen) atoms. The maximum Gasteiger partial charge on any atom is 0.167 e. The van der Waals surface area contributed by atoms with Crippen LogP contribution in [0.4, 0.5) is 5.69 Å². The molecule has 0 saturated carbocycles. The lowest BCUT2D eigenvalue weighted by molar-refractivity contribution is 0.416. The predicted octanol–water partition coefficient (Wildman–Crippen LogP) is 2.91. The summed E-state index contributed by atoms with van der Waals surface area (Å²) in [5.41, 5.74) is 7.08. The number of methoxy groups -OCH3 is 1. The summed E-state index contributed by atoms with van der Waals surface area (Å²) in [5, 5.41) is 8.83. The van der Waals surface area contributed by atoms with E-state index in [2.05, 4.69) is 17.1 Å². The third kappa shape index (κ3) is 2.51. The van der Waals surface area contributed by atoms with Gasteiger partial charge in [0.1, 0.15) is 11.6 Å². The van der Waals surface area contributed by atoms with Gasteiger partial charge < -0.3 is 15.0 Å². The molecule has 1 aromatic carbocycles. The van der Waals surface area contributed by atoms with Crippen LogP contribution in [0.2, 0.25) is 5.02 Å². The number of halogens is 1. The molecule has 102 valence electrons. The number of rotatable bonds is 4. The molecule has 2 N–H and O–H groups in total. The molecule has 0 bridgehead atoms. The average Bonchev–Trinajstić information content (AvgIpc) is 2.74. The Morgan fingerprint density at radius 2 is 2.11 bits per heavy atom. The highest BCUT2D eigenvalue weighted by Crippen LogP contribution is 2.35. The predicted molar refractivity (Wildman–Crippen MR) is 76.5 cm³/mol. The molecule has 0 aliphatic carbocycles. The second-order valence-corrected chi connectivity index (χ2v) is 4.70. The molecule has 0 aliphatic heterocycles.